The van der Waals surface area contributed by atoms with Crippen molar-refractivity contribution in [3.05, 3.63) is 51.9 Å². The van der Waals surface area contributed by atoms with E-state index in [0.717, 1.165) is 0 Å². The summed E-state index contributed by atoms with van der Waals surface area (Å²) < 4.78 is 14.4. The van der Waals surface area contributed by atoms with E-state index in [4.69, 9.17) is 0 Å². The predicted molar refractivity (Wildman–Crippen MR) is 85.2 cm³/mol. The number of rotatable bonds is 4. The Kier molecular flexibility index (Phi) is 4.90. The first-order valence-electron chi connectivity index (χ1n) is 6.48. The number of nitrogens with zero attached hydrogens (tertiary/aromatic N) is 1. The molecule has 110 valence electrons. The zero-order valence-corrected chi connectivity index (χ0v) is 13.3. The molecule has 0 atom stereocenters. The highest BCUT2D eigenvalue weighted by Crippen LogP contribution is 2.21. The van der Waals surface area contributed by atoms with Gasteiger partial charge in [-0.05, 0) is 44.2 Å². The van der Waals surface area contributed by atoms with Gasteiger partial charge in [0.2, 0.25) is 0 Å². The van der Waals surface area contributed by atoms with Gasteiger partial charge in [-0.3, -0.25) is 4.79 Å². The number of hydrogen-bond acceptors (Lipinski definition) is 3. The molecule has 0 aliphatic carbocycles. The largest absolute Gasteiger partial charge is 0.370 e. The van der Waals surface area contributed by atoms with E-state index in [0.29, 0.717) is 28.1 Å². The molecule has 0 bridgehead atoms. The van der Waals surface area contributed by atoms with Crippen LogP contribution in [0.2, 0.25) is 0 Å². The summed E-state index contributed by atoms with van der Waals surface area (Å²) in [6.45, 7) is 4.45. The Labute approximate surface area is 130 Å². The third-order valence-corrected chi connectivity index (χ3v) is 3.24. The van der Waals surface area contributed by atoms with Gasteiger partial charge < -0.3 is 10.6 Å². The van der Waals surface area contributed by atoms with Gasteiger partial charge in [-0.15, -0.1) is 0 Å². The normalized spacial score (nSPS) is 10.3. The highest BCUT2D eigenvalue weighted by atomic mass is 79.9. The number of carbonyl (C=O) groups excluding carboxylic acids is 1. The van der Waals surface area contributed by atoms with E-state index in [2.05, 4.69) is 31.5 Å². The maximum atomic E-state index is 13.7. The van der Waals surface area contributed by atoms with Crippen LogP contribution < -0.4 is 10.6 Å². The molecule has 6 heteroatoms. The number of benzene rings is 1. The van der Waals surface area contributed by atoms with Crippen molar-refractivity contribution in [1.82, 2.24) is 4.98 Å². The van der Waals surface area contributed by atoms with Gasteiger partial charge in [0.05, 0.1) is 5.69 Å². The van der Waals surface area contributed by atoms with Gasteiger partial charge in [0.15, 0.2) is 0 Å². The van der Waals surface area contributed by atoms with Gasteiger partial charge in [0.25, 0.3) is 5.91 Å². The van der Waals surface area contributed by atoms with E-state index in [1.807, 2.05) is 6.92 Å². The lowest BCUT2D eigenvalue weighted by molar-refractivity contribution is 0.102. The third kappa shape index (κ3) is 4.01. The Morgan fingerprint density at radius 3 is 2.81 bits per heavy atom. The number of amides is 1. The summed E-state index contributed by atoms with van der Waals surface area (Å²) in [4.78, 5) is 16.5. The quantitative estimate of drug-likeness (QED) is 0.875. The van der Waals surface area contributed by atoms with E-state index in [1.165, 1.54) is 12.1 Å². The number of nitrogens with one attached hydrogen (secondary N) is 2. The van der Waals surface area contributed by atoms with Crippen molar-refractivity contribution in [1.29, 1.82) is 0 Å². The fraction of sp³-hybridized carbons (Fsp3) is 0.200. The van der Waals surface area contributed by atoms with Crippen LogP contribution in [0.5, 0.6) is 0 Å². The van der Waals surface area contributed by atoms with Crippen molar-refractivity contribution in [2.45, 2.75) is 13.8 Å². The summed E-state index contributed by atoms with van der Waals surface area (Å²) in [7, 11) is 0. The molecule has 1 aromatic heterocycles. The number of pyridine rings is 1. The van der Waals surface area contributed by atoms with Crippen molar-refractivity contribution in [3.8, 4) is 0 Å². The second-order valence-corrected chi connectivity index (χ2v) is 5.41. The Hall–Kier alpha value is -1.95. The summed E-state index contributed by atoms with van der Waals surface area (Å²) in [6.07, 6.45) is 0. The van der Waals surface area contributed by atoms with Gasteiger partial charge in [0, 0.05) is 22.3 Å². The van der Waals surface area contributed by atoms with Crippen LogP contribution in [0, 0.1) is 12.7 Å². The standard InChI is InChI=1S/C15H15BrFN3O/c1-3-18-14-7-10(6-9(2)19-14)15(21)20-13-8-11(16)4-5-12(13)17/h4-8H,3H2,1-2H3,(H,18,19)(H,20,21). The van der Waals surface area contributed by atoms with Gasteiger partial charge in [-0.1, -0.05) is 15.9 Å². The van der Waals surface area contributed by atoms with Crippen molar-refractivity contribution in [3.63, 3.8) is 0 Å². The van der Waals surface area contributed by atoms with Crippen LogP contribution in [0.15, 0.2) is 34.8 Å². The van der Waals surface area contributed by atoms with Crippen LogP contribution in [-0.4, -0.2) is 17.4 Å². The molecule has 1 heterocycles. The lowest BCUT2D eigenvalue weighted by atomic mass is 10.2. The summed E-state index contributed by atoms with van der Waals surface area (Å²) in [5.74, 6) is -0.238. The van der Waals surface area contributed by atoms with Crippen LogP contribution in [0.25, 0.3) is 0 Å². The summed E-state index contributed by atoms with van der Waals surface area (Å²) in [5, 5.41) is 5.62. The topological polar surface area (TPSA) is 54.0 Å². The molecule has 0 aliphatic heterocycles. The molecule has 4 nitrogen and oxygen atoms in total. The molecule has 0 aliphatic rings. The Bertz CT molecular complexity index is 676. The van der Waals surface area contributed by atoms with E-state index in [-0.39, 0.29) is 11.6 Å². The fourth-order valence-electron chi connectivity index (χ4n) is 1.86. The number of aryl methyl sites for hydroxylation is 1. The molecule has 21 heavy (non-hydrogen) atoms. The highest BCUT2D eigenvalue weighted by Gasteiger charge is 2.11. The zero-order valence-electron chi connectivity index (χ0n) is 11.7. The average Bonchev–Trinajstić information content (AvgIpc) is 2.42. The summed E-state index contributed by atoms with van der Waals surface area (Å²) in [6, 6.07) is 7.69. The van der Waals surface area contributed by atoms with Crippen molar-refractivity contribution in [2.75, 3.05) is 17.2 Å². The van der Waals surface area contributed by atoms with Crippen LogP contribution in [0.4, 0.5) is 15.9 Å². The monoisotopic (exact) mass is 351 g/mol. The minimum absolute atomic E-state index is 0.133. The lowest BCUT2D eigenvalue weighted by Crippen LogP contribution is -2.14. The second-order valence-electron chi connectivity index (χ2n) is 4.49. The van der Waals surface area contributed by atoms with E-state index in [1.54, 1.807) is 25.1 Å². The second kappa shape index (κ2) is 6.67. The van der Waals surface area contributed by atoms with Crippen molar-refractivity contribution in [2.24, 2.45) is 0 Å². The average molecular weight is 352 g/mol. The number of hydrogen-bond donors (Lipinski definition) is 2. The molecule has 0 fully saturated rings. The first-order chi connectivity index (χ1) is 9.99. The first-order valence-corrected chi connectivity index (χ1v) is 7.28. The fourth-order valence-corrected chi connectivity index (χ4v) is 2.22. The molecule has 2 aromatic rings. The lowest BCUT2D eigenvalue weighted by Gasteiger charge is -2.09. The van der Waals surface area contributed by atoms with Crippen LogP contribution in [0.3, 0.4) is 0 Å². The number of carbonyl (C=O) groups is 1. The Balaban J connectivity index is 2.25. The van der Waals surface area contributed by atoms with E-state index in [9.17, 15) is 9.18 Å². The Morgan fingerprint density at radius 2 is 2.10 bits per heavy atom. The highest BCUT2D eigenvalue weighted by molar-refractivity contribution is 9.10. The van der Waals surface area contributed by atoms with Crippen molar-refractivity contribution < 1.29 is 9.18 Å². The molecule has 2 rings (SSSR count). The first kappa shape index (κ1) is 15.4. The maximum Gasteiger partial charge on any atom is 0.255 e. The van der Waals surface area contributed by atoms with Crippen LogP contribution in [0.1, 0.15) is 23.0 Å². The molecule has 0 saturated heterocycles. The predicted octanol–water partition coefficient (Wildman–Crippen LogP) is 3.98. The van der Waals surface area contributed by atoms with Crippen molar-refractivity contribution >= 4 is 33.3 Å². The molecule has 0 radical (unpaired) electrons. The summed E-state index contributed by atoms with van der Waals surface area (Å²) >= 11 is 3.25. The maximum absolute atomic E-state index is 13.7. The van der Waals surface area contributed by atoms with Gasteiger partial charge in [-0.2, -0.15) is 0 Å². The minimum Gasteiger partial charge on any atom is -0.370 e. The molecule has 0 spiro atoms. The number of anilines is 2. The molecule has 0 saturated carbocycles. The van der Waals surface area contributed by atoms with Crippen LogP contribution >= 0.6 is 15.9 Å². The number of halogens is 2. The molecular weight excluding hydrogens is 337 g/mol. The minimum atomic E-state index is -0.482. The van der Waals surface area contributed by atoms with Gasteiger partial charge in [0.1, 0.15) is 11.6 Å². The smallest absolute Gasteiger partial charge is 0.255 e. The zero-order chi connectivity index (χ0) is 15.4. The molecule has 0 unspecified atom stereocenters. The van der Waals surface area contributed by atoms with Gasteiger partial charge in [-0.25, -0.2) is 9.37 Å². The Morgan fingerprint density at radius 1 is 1.33 bits per heavy atom. The van der Waals surface area contributed by atoms with E-state index < -0.39 is 5.82 Å². The molecular formula is C15H15BrFN3O. The third-order valence-electron chi connectivity index (χ3n) is 2.75. The van der Waals surface area contributed by atoms with Gasteiger partial charge >= 0.3 is 0 Å². The van der Waals surface area contributed by atoms with E-state index >= 15 is 0 Å². The summed E-state index contributed by atoms with van der Waals surface area (Å²) in [5.41, 5.74) is 1.28. The molecule has 2 N–H and O–H groups in total. The van der Waals surface area contributed by atoms with Crippen LogP contribution in [-0.2, 0) is 0 Å². The molecule has 1 aromatic carbocycles. The molecule has 1 amide bonds. The SMILES string of the molecule is CCNc1cc(C(=O)Nc2cc(Br)ccc2F)cc(C)n1. The number of aromatic nitrogens is 1.